The standard InChI is InChI=1S/C18H22N2O/c19-20-16-11-12-17(21-13-16)18(14-7-3-1-4-8-14)15-9-5-2-6-10-15/h1-10,16-18,20H,11-13,19H2. The van der Waals surface area contributed by atoms with E-state index in [9.17, 15) is 0 Å². The van der Waals surface area contributed by atoms with Gasteiger partial charge in [0.15, 0.2) is 0 Å². The molecule has 0 bridgehead atoms. The number of benzene rings is 2. The van der Waals surface area contributed by atoms with Crippen molar-refractivity contribution in [2.24, 2.45) is 5.84 Å². The summed E-state index contributed by atoms with van der Waals surface area (Å²) in [6.45, 7) is 0.678. The van der Waals surface area contributed by atoms with Gasteiger partial charge in [-0.2, -0.15) is 0 Å². The molecule has 3 N–H and O–H groups in total. The van der Waals surface area contributed by atoms with Gasteiger partial charge in [0.05, 0.1) is 12.7 Å². The molecule has 0 saturated carbocycles. The molecule has 1 fully saturated rings. The van der Waals surface area contributed by atoms with E-state index >= 15 is 0 Å². The second kappa shape index (κ2) is 6.85. The van der Waals surface area contributed by atoms with Crippen LogP contribution in [0.3, 0.4) is 0 Å². The van der Waals surface area contributed by atoms with Crippen LogP contribution in [0.25, 0.3) is 0 Å². The molecule has 1 saturated heterocycles. The summed E-state index contributed by atoms with van der Waals surface area (Å²) in [5, 5.41) is 0. The Kier molecular flexibility index (Phi) is 4.65. The smallest absolute Gasteiger partial charge is 0.0685 e. The minimum Gasteiger partial charge on any atom is -0.376 e. The molecule has 3 nitrogen and oxygen atoms in total. The molecule has 0 aliphatic carbocycles. The summed E-state index contributed by atoms with van der Waals surface area (Å²) in [7, 11) is 0. The van der Waals surface area contributed by atoms with E-state index in [2.05, 4.69) is 66.1 Å². The lowest BCUT2D eigenvalue weighted by molar-refractivity contribution is -0.0112. The summed E-state index contributed by atoms with van der Waals surface area (Å²) in [5.41, 5.74) is 5.44. The Hall–Kier alpha value is -1.68. The third kappa shape index (κ3) is 3.32. The van der Waals surface area contributed by atoms with Gasteiger partial charge in [0.2, 0.25) is 0 Å². The fraction of sp³-hybridized carbons (Fsp3) is 0.333. The van der Waals surface area contributed by atoms with Gasteiger partial charge in [-0.1, -0.05) is 60.7 Å². The quantitative estimate of drug-likeness (QED) is 0.669. The predicted octanol–water partition coefficient (Wildman–Crippen LogP) is 2.83. The van der Waals surface area contributed by atoms with Gasteiger partial charge in [-0.15, -0.1) is 0 Å². The lowest BCUT2D eigenvalue weighted by Gasteiger charge is -2.34. The van der Waals surface area contributed by atoms with Crippen molar-refractivity contribution < 1.29 is 4.74 Å². The lowest BCUT2D eigenvalue weighted by atomic mass is 9.83. The molecule has 2 unspecified atom stereocenters. The molecule has 21 heavy (non-hydrogen) atoms. The van der Waals surface area contributed by atoms with Crippen molar-refractivity contribution in [3.8, 4) is 0 Å². The first kappa shape index (κ1) is 14.3. The minimum absolute atomic E-state index is 0.208. The van der Waals surface area contributed by atoms with Crippen molar-refractivity contribution in [3.63, 3.8) is 0 Å². The van der Waals surface area contributed by atoms with Gasteiger partial charge in [-0.25, -0.2) is 0 Å². The number of ether oxygens (including phenoxy) is 1. The van der Waals surface area contributed by atoms with Gasteiger partial charge in [-0.3, -0.25) is 11.3 Å². The number of hydrogen-bond donors (Lipinski definition) is 2. The van der Waals surface area contributed by atoms with Crippen molar-refractivity contribution in [1.82, 2.24) is 5.43 Å². The number of nitrogens with two attached hydrogens (primary N) is 1. The van der Waals surface area contributed by atoms with E-state index in [4.69, 9.17) is 10.6 Å². The van der Waals surface area contributed by atoms with Crippen molar-refractivity contribution in [3.05, 3.63) is 71.8 Å². The van der Waals surface area contributed by atoms with E-state index < -0.39 is 0 Å². The fourth-order valence-electron chi connectivity index (χ4n) is 3.11. The zero-order valence-corrected chi connectivity index (χ0v) is 12.1. The maximum Gasteiger partial charge on any atom is 0.0685 e. The number of hydrazine groups is 1. The van der Waals surface area contributed by atoms with E-state index in [1.54, 1.807) is 0 Å². The van der Waals surface area contributed by atoms with Gasteiger partial charge in [0, 0.05) is 12.0 Å². The van der Waals surface area contributed by atoms with Gasteiger partial charge in [0.25, 0.3) is 0 Å². The molecule has 1 aliphatic rings. The Morgan fingerprint density at radius 3 is 1.90 bits per heavy atom. The van der Waals surface area contributed by atoms with Crippen molar-refractivity contribution >= 4 is 0 Å². The van der Waals surface area contributed by atoms with Crippen LogP contribution in [0, 0.1) is 0 Å². The van der Waals surface area contributed by atoms with Crippen molar-refractivity contribution in [2.45, 2.75) is 30.9 Å². The van der Waals surface area contributed by atoms with Crippen LogP contribution in [0.2, 0.25) is 0 Å². The molecule has 0 spiro atoms. The largest absolute Gasteiger partial charge is 0.376 e. The van der Waals surface area contributed by atoms with E-state index in [1.807, 2.05) is 0 Å². The van der Waals surface area contributed by atoms with Crippen LogP contribution in [0.15, 0.2) is 60.7 Å². The Morgan fingerprint density at radius 2 is 1.48 bits per heavy atom. The second-order valence-corrected chi connectivity index (χ2v) is 5.61. The highest BCUT2D eigenvalue weighted by molar-refractivity contribution is 5.34. The summed E-state index contributed by atoms with van der Waals surface area (Å²) < 4.78 is 6.11. The minimum atomic E-state index is 0.208. The van der Waals surface area contributed by atoms with Crippen LogP contribution in [0.5, 0.6) is 0 Å². The number of nitrogens with one attached hydrogen (secondary N) is 1. The lowest BCUT2D eigenvalue weighted by Crippen LogP contribution is -2.44. The SMILES string of the molecule is NNC1CCC(C(c2ccccc2)c2ccccc2)OC1. The van der Waals surface area contributed by atoms with E-state index in [-0.39, 0.29) is 18.1 Å². The first-order valence-corrected chi connectivity index (χ1v) is 7.56. The Balaban J connectivity index is 1.87. The van der Waals surface area contributed by atoms with Crippen LogP contribution in [-0.2, 0) is 4.74 Å². The molecule has 1 aliphatic heterocycles. The van der Waals surface area contributed by atoms with Crippen molar-refractivity contribution in [1.29, 1.82) is 0 Å². The zero-order valence-electron chi connectivity index (χ0n) is 12.1. The normalized spacial score (nSPS) is 22.4. The van der Waals surface area contributed by atoms with Crippen LogP contribution in [0.4, 0.5) is 0 Å². The number of hydrogen-bond acceptors (Lipinski definition) is 3. The maximum atomic E-state index is 6.11. The second-order valence-electron chi connectivity index (χ2n) is 5.61. The van der Waals surface area contributed by atoms with Crippen LogP contribution in [-0.4, -0.2) is 18.8 Å². The Labute approximate surface area is 126 Å². The Morgan fingerprint density at radius 1 is 0.905 bits per heavy atom. The van der Waals surface area contributed by atoms with E-state index in [0.717, 1.165) is 12.8 Å². The maximum absolute atomic E-state index is 6.11. The fourth-order valence-corrected chi connectivity index (χ4v) is 3.11. The molecule has 2 aromatic carbocycles. The number of rotatable bonds is 4. The molecule has 0 aromatic heterocycles. The third-order valence-electron chi connectivity index (χ3n) is 4.24. The van der Waals surface area contributed by atoms with Gasteiger partial charge >= 0.3 is 0 Å². The topological polar surface area (TPSA) is 47.3 Å². The predicted molar refractivity (Wildman–Crippen MR) is 84.8 cm³/mol. The van der Waals surface area contributed by atoms with Crippen LogP contribution in [0.1, 0.15) is 29.9 Å². The highest BCUT2D eigenvalue weighted by Crippen LogP contribution is 2.34. The Bertz CT molecular complexity index is 496. The molecule has 2 atom stereocenters. The van der Waals surface area contributed by atoms with Crippen LogP contribution >= 0.6 is 0 Å². The third-order valence-corrected chi connectivity index (χ3v) is 4.24. The molecule has 3 rings (SSSR count). The van der Waals surface area contributed by atoms with E-state index in [1.165, 1.54) is 11.1 Å². The molecule has 1 heterocycles. The highest BCUT2D eigenvalue weighted by atomic mass is 16.5. The van der Waals surface area contributed by atoms with Gasteiger partial charge in [-0.05, 0) is 24.0 Å². The average molecular weight is 282 g/mol. The van der Waals surface area contributed by atoms with Crippen LogP contribution < -0.4 is 11.3 Å². The van der Waals surface area contributed by atoms with Crippen molar-refractivity contribution in [2.75, 3.05) is 6.61 Å². The first-order chi connectivity index (χ1) is 10.4. The van der Waals surface area contributed by atoms with Gasteiger partial charge in [0.1, 0.15) is 0 Å². The highest BCUT2D eigenvalue weighted by Gasteiger charge is 2.30. The molecule has 2 aromatic rings. The monoisotopic (exact) mass is 282 g/mol. The summed E-state index contributed by atoms with van der Waals surface area (Å²) in [6.07, 6.45) is 2.28. The zero-order chi connectivity index (χ0) is 14.5. The summed E-state index contributed by atoms with van der Waals surface area (Å²) in [4.78, 5) is 0. The molecule has 0 amide bonds. The summed E-state index contributed by atoms with van der Waals surface area (Å²) in [6, 6.07) is 21.5. The summed E-state index contributed by atoms with van der Waals surface area (Å²) in [5.74, 6) is 5.80. The molecule has 3 heteroatoms. The molecule has 110 valence electrons. The first-order valence-electron chi connectivity index (χ1n) is 7.56. The molecular formula is C18H22N2O. The summed E-state index contributed by atoms with van der Waals surface area (Å²) >= 11 is 0. The average Bonchev–Trinajstić information content (AvgIpc) is 2.58. The van der Waals surface area contributed by atoms with Gasteiger partial charge < -0.3 is 4.74 Å². The molecular weight excluding hydrogens is 260 g/mol. The molecule has 0 radical (unpaired) electrons. The van der Waals surface area contributed by atoms with E-state index in [0.29, 0.717) is 6.61 Å².